The largest absolute Gasteiger partial charge is 0.309 e. The topological polar surface area (TPSA) is 4.93 Å². The summed E-state index contributed by atoms with van der Waals surface area (Å²) < 4.78 is 90.8. The van der Waals surface area contributed by atoms with Crippen molar-refractivity contribution in [1.82, 2.24) is 4.57 Å². The smallest absolute Gasteiger partial charge is 0.179 e. The maximum absolute atomic E-state index is 9.17. The Labute approximate surface area is 424 Å². The van der Waals surface area contributed by atoms with E-state index in [1.54, 1.807) is 18.2 Å². The molecule has 0 N–H and O–H groups in total. The third-order valence-corrected chi connectivity index (χ3v) is 19.7. The van der Waals surface area contributed by atoms with Crippen molar-refractivity contribution >= 4 is 50.6 Å². The second-order valence-corrected chi connectivity index (χ2v) is 22.0. The van der Waals surface area contributed by atoms with Crippen LogP contribution in [0.1, 0.15) is 58.9 Å². The molecule has 0 spiro atoms. The van der Waals surface area contributed by atoms with Crippen molar-refractivity contribution in [3.63, 3.8) is 0 Å². The lowest BCUT2D eigenvalue weighted by molar-refractivity contribution is 0.752. The number of rotatable bonds is 8. The normalized spacial score (nSPS) is 16.6. The zero-order chi connectivity index (χ0) is 54.9. The van der Waals surface area contributed by atoms with Gasteiger partial charge in [-0.15, -0.1) is 0 Å². The van der Waals surface area contributed by atoms with Crippen molar-refractivity contribution in [1.29, 1.82) is 0 Å². The van der Waals surface area contributed by atoms with Crippen LogP contribution in [-0.2, 0) is 0 Å². The monoisotopic (exact) mass is 915 g/mol. The molecule has 1 heterocycles. The molecule has 2 unspecified atom stereocenters. The first-order valence-corrected chi connectivity index (χ1v) is 25.8. The molecule has 15 rings (SSSR count). The Morgan fingerprint density at radius 2 is 0.843 bits per heavy atom. The van der Waals surface area contributed by atoms with E-state index in [2.05, 4.69) is 174 Å². The van der Waals surface area contributed by atoms with Gasteiger partial charge in [-0.1, -0.05) is 248 Å². The average Bonchev–Trinajstić information content (AvgIpc) is 3.86. The minimum atomic E-state index is -3.07. The number of aromatic nitrogens is 1. The van der Waals surface area contributed by atoms with Crippen molar-refractivity contribution in [3.8, 4) is 39.1 Å². The molecule has 2 atom stereocenters. The third kappa shape index (κ3) is 5.97. The van der Waals surface area contributed by atoms with Gasteiger partial charge in [0.2, 0.25) is 0 Å². The Bertz CT molecular complexity index is 4320. The van der Waals surface area contributed by atoms with Crippen molar-refractivity contribution < 1.29 is 13.7 Å². The van der Waals surface area contributed by atoms with Gasteiger partial charge in [0.25, 0.3) is 0 Å². The molecule has 12 aromatic rings. The molecular formula is C68H47NSi. The summed E-state index contributed by atoms with van der Waals surface area (Å²) in [6.45, 7) is 0. The number of hydrogen-bond acceptors (Lipinski definition) is 0. The second kappa shape index (κ2) is 16.3. The Kier molecular flexibility index (Phi) is 7.33. The Balaban J connectivity index is 1.05. The number of fused-ring (bicyclic) bond motifs is 3. The SMILES string of the molecule is [2H]c1c([2H])c([2H])c(-c2cccc(-c3c([2H])c([2H])c([2H])c([2H])c3[2H])c2-c2ccc3c(c2)c2ccccc2n3-c2cccc3c2C2c4ccccc4C3c3cccc([Si](c4ccccc4)(c4ccccc4)c4ccccc4)c32)c([2H])c1[2H]. The Hall–Kier alpha value is -8.56. The molecule has 2 heteroatoms. The summed E-state index contributed by atoms with van der Waals surface area (Å²) in [4.78, 5) is 0. The summed E-state index contributed by atoms with van der Waals surface area (Å²) in [5.41, 5.74) is 11.9. The molecule has 1 aromatic heterocycles. The van der Waals surface area contributed by atoms with E-state index >= 15 is 0 Å². The van der Waals surface area contributed by atoms with Gasteiger partial charge in [0, 0.05) is 22.6 Å². The van der Waals surface area contributed by atoms with Crippen molar-refractivity contribution in [2.75, 3.05) is 0 Å². The van der Waals surface area contributed by atoms with E-state index in [1.165, 1.54) is 54.1 Å². The van der Waals surface area contributed by atoms with Crippen LogP contribution >= 0.6 is 0 Å². The highest BCUT2D eigenvalue weighted by Crippen LogP contribution is 2.57. The first-order chi connectivity index (χ1) is 38.9. The molecule has 0 radical (unpaired) electrons. The number of para-hydroxylation sites is 1. The lowest BCUT2D eigenvalue weighted by Crippen LogP contribution is -2.75. The average molecular weight is 916 g/mol. The van der Waals surface area contributed by atoms with E-state index in [9.17, 15) is 5.48 Å². The molecule has 1 nitrogen and oxygen atoms in total. The number of hydrogen-bond donors (Lipinski definition) is 0. The molecule has 328 valence electrons. The molecule has 0 amide bonds. The van der Waals surface area contributed by atoms with Crippen molar-refractivity contribution in [2.24, 2.45) is 0 Å². The summed E-state index contributed by atoms with van der Waals surface area (Å²) in [7, 11) is -3.07. The van der Waals surface area contributed by atoms with Crippen LogP contribution < -0.4 is 20.7 Å². The van der Waals surface area contributed by atoms with Crippen LogP contribution in [0, 0.1) is 0 Å². The second-order valence-electron chi connectivity index (χ2n) is 18.2. The quantitative estimate of drug-likeness (QED) is 0.106. The van der Waals surface area contributed by atoms with Gasteiger partial charge in [-0.3, -0.25) is 0 Å². The first kappa shape index (κ1) is 31.5. The first-order valence-electron chi connectivity index (χ1n) is 28.8. The fourth-order valence-electron chi connectivity index (χ4n) is 12.3. The van der Waals surface area contributed by atoms with Gasteiger partial charge < -0.3 is 4.57 Å². The van der Waals surface area contributed by atoms with Gasteiger partial charge in [0.05, 0.1) is 30.4 Å². The Morgan fingerprint density at radius 1 is 0.357 bits per heavy atom. The zero-order valence-electron chi connectivity index (χ0n) is 47.8. The number of nitrogens with zero attached hydrogens (tertiary/aromatic N) is 1. The number of benzene rings is 11. The maximum Gasteiger partial charge on any atom is 0.179 e. The minimum absolute atomic E-state index is 0.0624. The zero-order valence-corrected chi connectivity index (χ0v) is 38.8. The minimum Gasteiger partial charge on any atom is -0.309 e. The Morgan fingerprint density at radius 3 is 1.46 bits per heavy atom. The summed E-state index contributed by atoms with van der Waals surface area (Å²) in [6, 6.07) is 70.5. The van der Waals surface area contributed by atoms with E-state index in [4.69, 9.17) is 8.22 Å². The predicted octanol–water partition coefficient (Wildman–Crippen LogP) is 14.1. The van der Waals surface area contributed by atoms with E-state index < -0.39 is 68.5 Å². The van der Waals surface area contributed by atoms with Crippen LogP contribution in [0.3, 0.4) is 0 Å². The van der Waals surface area contributed by atoms with E-state index in [0.717, 1.165) is 27.5 Å². The van der Waals surface area contributed by atoms with Crippen LogP contribution in [0.15, 0.2) is 273 Å². The van der Waals surface area contributed by atoms with E-state index in [0.29, 0.717) is 11.1 Å². The molecule has 11 aromatic carbocycles. The van der Waals surface area contributed by atoms with Gasteiger partial charge in [-0.05, 0) is 112 Å². The van der Waals surface area contributed by atoms with Gasteiger partial charge in [0.1, 0.15) is 0 Å². The molecule has 2 bridgehead atoms. The van der Waals surface area contributed by atoms with Crippen LogP contribution in [0.5, 0.6) is 0 Å². The van der Waals surface area contributed by atoms with Gasteiger partial charge in [-0.25, -0.2) is 0 Å². The summed E-state index contributed by atoms with van der Waals surface area (Å²) in [5.74, 6) is -0.233. The molecule has 3 aliphatic rings. The molecule has 70 heavy (non-hydrogen) atoms. The lowest BCUT2D eigenvalue weighted by atomic mass is 9.60. The highest BCUT2D eigenvalue weighted by Gasteiger charge is 2.50. The molecule has 0 saturated heterocycles. The van der Waals surface area contributed by atoms with Crippen molar-refractivity contribution in [2.45, 2.75) is 11.8 Å². The fourth-order valence-corrected chi connectivity index (χ4v) is 17.3. The molecular weight excluding hydrogens is 859 g/mol. The van der Waals surface area contributed by atoms with Gasteiger partial charge in [-0.2, -0.15) is 0 Å². The van der Waals surface area contributed by atoms with Gasteiger partial charge in [0.15, 0.2) is 8.07 Å². The maximum atomic E-state index is 9.17. The van der Waals surface area contributed by atoms with Crippen LogP contribution in [0.25, 0.3) is 60.9 Å². The molecule has 0 fully saturated rings. The molecule has 0 aliphatic heterocycles. The molecule has 3 aliphatic carbocycles. The summed E-state index contributed by atoms with van der Waals surface area (Å²) in [6.07, 6.45) is 0. The lowest BCUT2D eigenvalue weighted by Gasteiger charge is -2.46. The standard InChI is InChI=1S/C68H47NSi/c1-6-23-46(24-7-1)52-36-20-37-53(47-25-8-2-9-26-47)64(52)48-43-44-61-59(45-48)54-33-18-19-40-60(54)69(61)62-41-21-38-57-65-55-34-16-17-35-56(55)68(66(57)62)67-58(65)39-22-42-63(67)70(49-27-10-3-11-28-49,50-29-12-4-13-30-50)51-31-14-5-15-32-51/h1-45,65,68H/i1D,2D,6D,7D,8D,9D,23D,24D,25D,26D. The highest BCUT2D eigenvalue weighted by atomic mass is 28.3. The van der Waals surface area contributed by atoms with Crippen LogP contribution in [-0.4, -0.2) is 12.6 Å². The third-order valence-electron chi connectivity index (χ3n) is 14.9. The van der Waals surface area contributed by atoms with E-state index in [1.807, 2.05) is 24.3 Å². The summed E-state index contributed by atoms with van der Waals surface area (Å²) >= 11 is 0. The van der Waals surface area contributed by atoms with Crippen LogP contribution in [0.2, 0.25) is 0 Å². The van der Waals surface area contributed by atoms with Crippen LogP contribution in [0.4, 0.5) is 0 Å². The molecule has 0 saturated carbocycles. The van der Waals surface area contributed by atoms with E-state index in [-0.39, 0.29) is 34.1 Å². The van der Waals surface area contributed by atoms with Gasteiger partial charge >= 0.3 is 0 Å². The summed E-state index contributed by atoms with van der Waals surface area (Å²) in [5, 5.41) is 7.06. The fraction of sp³-hybridized carbons (Fsp3) is 0.0294. The predicted molar refractivity (Wildman–Crippen MR) is 295 cm³/mol. The highest BCUT2D eigenvalue weighted by molar-refractivity contribution is 7.20. The van der Waals surface area contributed by atoms with Crippen molar-refractivity contribution in [3.05, 3.63) is 306 Å².